The molecule has 1 aliphatic rings. The van der Waals surface area contributed by atoms with Crippen LogP contribution in [0.15, 0.2) is 53.5 Å². The molecule has 8 nitrogen and oxygen atoms in total. The van der Waals surface area contributed by atoms with Crippen molar-refractivity contribution >= 4 is 17.1 Å². The number of hydrogen-bond acceptors (Lipinski definition) is 5. The molecule has 1 saturated heterocycles. The van der Waals surface area contributed by atoms with Crippen molar-refractivity contribution in [1.82, 2.24) is 19.0 Å². The van der Waals surface area contributed by atoms with Gasteiger partial charge in [-0.15, -0.1) is 0 Å². The smallest absolute Gasteiger partial charge is 0.330 e. The second kappa shape index (κ2) is 9.23. The first-order valence-electron chi connectivity index (χ1n) is 10.1. The van der Waals surface area contributed by atoms with Gasteiger partial charge in [0.2, 0.25) is 5.91 Å². The molecular formula is C22H26N4O4. The number of rotatable bonds is 8. The van der Waals surface area contributed by atoms with Crippen LogP contribution >= 0.6 is 0 Å². The van der Waals surface area contributed by atoms with Crippen LogP contribution in [0.2, 0.25) is 0 Å². The first-order valence-corrected chi connectivity index (χ1v) is 10.1. The molecule has 0 spiro atoms. The number of ether oxygens (including phenoxy) is 2. The number of likely N-dealkylation sites (tertiary alicyclic amines) is 1. The fourth-order valence-electron chi connectivity index (χ4n) is 3.94. The molecule has 0 saturated carbocycles. The summed E-state index contributed by atoms with van der Waals surface area (Å²) in [4.78, 5) is 31.9. The van der Waals surface area contributed by atoms with Crippen molar-refractivity contribution in [2.24, 2.45) is 0 Å². The molecular weight excluding hydrogens is 384 g/mol. The molecule has 0 unspecified atom stereocenters. The van der Waals surface area contributed by atoms with Crippen LogP contribution in [0.3, 0.4) is 0 Å². The molecule has 3 heterocycles. The summed E-state index contributed by atoms with van der Waals surface area (Å²) < 4.78 is 14.2. The number of aromatic nitrogens is 3. The third-order valence-corrected chi connectivity index (χ3v) is 5.46. The summed E-state index contributed by atoms with van der Waals surface area (Å²) in [6, 6.07) is 13.4. The Balaban J connectivity index is 1.44. The molecule has 1 fully saturated rings. The van der Waals surface area contributed by atoms with Crippen LogP contribution in [0.1, 0.15) is 18.0 Å². The largest absolute Gasteiger partial charge is 0.383 e. The summed E-state index contributed by atoms with van der Waals surface area (Å²) in [5.74, 6) is -0.0578. The number of fused-ring (bicyclic) bond motifs is 1. The molecule has 158 valence electrons. The van der Waals surface area contributed by atoms with Gasteiger partial charge >= 0.3 is 5.69 Å². The normalized spacial score (nSPS) is 16.4. The van der Waals surface area contributed by atoms with Gasteiger partial charge in [0.25, 0.3) is 0 Å². The van der Waals surface area contributed by atoms with Gasteiger partial charge in [0, 0.05) is 26.4 Å². The van der Waals surface area contributed by atoms with Crippen LogP contribution < -0.4 is 5.69 Å². The van der Waals surface area contributed by atoms with Crippen LogP contribution in [0.5, 0.6) is 0 Å². The van der Waals surface area contributed by atoms with Gasteiger partial charge < -0.3 is 14.4 Å². The van der Waals surface area contributed by atoms with Crippen molar-refractivity contribution in [1.29, 1.82) is 0 Å². The van der Waals surface area contributed by atoms with Crippen molar-refractivity contribution in [3.8, 4) is 0 Å². The predicted octanol–water partition coefficient (Wildman–Crippen LogP) is 1.83. The number of methoxy groups -OCH3 is 1. The van der Waals surface area contributed by atoms with Crippen LogP contribution in [0.4, 0.5) is 0 Å². The molecule has 0 aliphatic carbocycles. The van der Waals surface area contributed by atoms with E-state index in [-0.39, 0.29) is 24.2 Å². The minimum absolute atomic E-state index is 0.0321. The zero-order valence-corrected chi connectivity index (χ0v) is 17.1. The lowest BCUT2D eigenvalue weighted by atomic mass is 10.2. The monoisotopic (exact) mass is 410 g/mol. The zero-order chi connectivity index (χ0) is 20.9. The van der Waals surface area contributed by atoms with Crippen LogP contribution in [0.25, 0.3) is 11.2 Å². The zero-order valence-electron chi connectivity index (χ0n) is 17.1. The minimum atomic E-state index is -0.111. The van der Waals surface area contributed by atoms with Gasteiger partial charge in [-0.25, -0.2) is 9.78 Å². The van der Waals surface area contributed by atoms with Crippen LogP contribution in [-0.2, 0) is 27.4 Å². The number of pyridine rings is 1. The number of carbonyl (C=O) groups excluding carboxylic acids is 1. The SMILES string of the molecule is COCCn1c(=O)n([C@@H]2CCN(C(=O)COCc3ccccc3)C2)c2ncccc21. The van der Waals surface area contributed by atoms with E-state index in [0.29, 0.717) is 44.9 Å². The molecule has 1 aliphatic heterocycles. The quantitative estimate of drug-likeness (QED) is 0.566. The fourth-order valence-corrected chi connectivity index (χ4v) is 3.94. The van der Waals surface area contributed by atoms with Crippen molar-refractivity contribution in [3.05, 3.63) is 64.7 Å². The second-order valence-corrected chi connectivity index (χ2v) is 7.40. The molecule has 4 rings (SSSR count). The van der Waals surface area contributed by atoms with Crippen molar-refractivity contribution in [2.45, 2.75) is 25.6 Å². The Morgan fingerprint density at radius 3 is 2.83 bits per heavy atom. The highest BCUT2D eigenvalue weighted by molar-refractivity contribution is 5.78. The Labute approximate surface area is 174 Å². The van der Waals surface area contributed by atoms with E-state index in [1.165, 1.54) is 0 Å². The van der Waals surface area contributed by atoms with Gasteiger partial charge in [-0.1, -0.05) is 30.3 Å². The molecule has 0 N–H and O–H groups in total. The molecule has 2 aromatic heterocycles. The van der Waals surface area contributed by atoms with E-state index in [9.17, 15) is 9.59 Å². The lowest BCUT2D eigenvalue weighted by molar-refractivity contribution is -0.135. The van der Waals surface area contributed by atoms with Gasteiger partial charge in [0.05, 0.1) is 31.3 Å². The van der Waals surface area contributed by atoms with Gasteiger partial charge in [0.1, 0.15) is 6.61 Å². The molecule has 0 radical (unpaired) electrons. The maximum Gasteiger partial charge on any atom is 0.330 e. The first kappa shape index (κ1) is 20.3. The molecule has 1 atom stereocenters. The average Bonchev–Trinajstić information content (AvgIpc) is 3.35. The highest BCUT2D eigenvalue weighted by Gasteiger charge is 2.30. The highest BCUT2D eigenvalue weighted by Crippen LogP contribution is 2.24. The predicted molar refractivity (Wildman–Crippen MR) is 112 cm³/mol. The number of benzene rings is 1. The summed E-state index contributed by atoms with van der Waals surface area (Å²) in [6.45, 7) is 2.43. The number of hydrogen-bond donors (Lipinski definition) is 0. The fraction of sp³-hybridized carbons (Fsp3) is 0.409. The summed E-state index contributed by atoms with van der Waals surface area (Å²) in [7, 11) is 1.61. The maximum absolute atomic E-state index is 13.1. The van der Waals surface area contributed by atoms with E-state index in [0.717, 1.165) is 11.1 Å². The van der Waals surface area contributed by atoms with Crippen LogP contribution in [0, 0.1) is 0 Å². The molecule has 0 bridgehead atoms. The Hall–Kier alpha value is -2.97. The second-order valence-electron chi connectivity index (χ2n) is 7.40. The van der Waals surface area contributed by atoms with E-state index < -0.39 is 0 Å². The first-order chi connectivity index (χ1) is 14.7. The molecule has 1 aromatic carbocycles. The van der Waals surface area contributed by atoms with Crippen molar-refractivity contribution in [3.63, 3.8) is 0 Å². The minimum Gasteiger partial charge on any atom is -0.383 e. The number of carbonyl (C=O) groups is 1. The van der Waals surface area contributed by atoms with E-state index >= 15 is 0 Å². The topological polar surface area (TPSA) is 78.6 Å². The number of nitrogens with zero attached hydrogens (tertiary/aromatic N) is 4. The van der Waals surface area contributed by atoms with Gasteiger partial charge in [-0.05, 0) is 24.1 Å². The van der Waals surface area contributed by atoms with Gasteiger partial charge in [-0.2, -0.15) is 0 Å². The van der Waals surface area contributed by atoms with E-state index in [4.69, 9.17) is 9.47 Å². The lowest BCUT2D eigenvalue weighted by Gasteiger charge is -2.17. The van der Waals surface area contributed by atoms with Gasteiger partial charge in [0.15, 0.2) is 5.65 Å². The molecule has 3 aromatic rings. The summed E-state index contributed by atoms with van der Waals surface area (Å²) in [5.41, 5.74) is 2.36. The Morgan fingerprint density at radius 1 is 1.20 bits per heavy atom. The molecule has 30 heavy (non-hydrogen) atoms. The Bertz CT molecular complexity index is 1060. The Morgan fingerprint density at radius 2 is 2.03 bits per heavy atom. The van der Waals surface area contributed by atoms with E-state index in [1.807, 2.05) is 42.5 Å². The number of imidazole rings is 1. The maximum atomic E-state index is 13.1. The Kier molecular flexibility index (Phi) is 6.25. The summed E-state index contributed by atoms with van der Waals surface area (Å²) in [6.07, 6.45) is 2.40. The third kappa shape index (κ3) is 4.15. The molecule has 1 amide bonds. The standard InChI is InChI=1S/C22H26N4O4/c1-29-13-12-25-19-8-5-10-23-21(19)26(22(25)28)18-9-11-24(14-18)20(27)16-30-15-17-6-3-2-4-7-17/h2-8,10,18H,9,11-16H2,1H3/t18-/m1/s1. The highest BCUT2D eigenvalue weighted by atomic mass is 16.5. The molecule has 8 heteroatoms. The third-order valence-electron chi connectivity index (χ3n) is 5.46. The summed E-state index contributed by atoms with van der Waals surface area (Å²) >= 11 is 0. The lowest BCUT2D eigenvalue weighted by Crippen LogP contribution is -2.34. The van der Waals surface area contributed by atoms with Gasteiger partial charge in [-0.3, -0.25) is 13.9 Å². The van der Waals surface area contributed by atoms with E-state index in [1.54, 1.807) is 27.3 Å². The van der Waals surface area contributed by atoms with E-state index in [2.05, 4.69) is 4.98 Å². The average molecular weight is 410 g/mol. The van der Waals surface area contributed by atoms with Crippen molar-refractivity contribution < 1.29 is 14.3 Å². The summed E-state index contributed by atoms with van der Waals surface area (Å²) in [5, 5.41) is 0. The van der Waals surface area contributed by atoms with Crippen molar-refractivity contribution in [2.75, 3.05) is 33.4 Å². The number of amides is 1. The van der Waals surface area contributed by atoms with Crippen LogP contribution in [-0.4, -0.2) is 58.3 Å².